The zero-order valence-electron chi connectivity index (χ0n) is 34.6. The number of esters is 1. The van der Waals surface area contributed by atoms with E-state index in [2.05, 4.69) is 11.9 Å². The van der Waals surface area contributed by atoms with Crippen LogP contribution in [-0.4, -0.2) is 241 Å². The maximum atomic E-state index is 12.3. The largest absolute Gasteiger partial charge is 0.454 e. The number of ether oxygens (including phenoxy) is 11. The van der Waals surface area contributed by atoms with Crippen molar-refractivity contribution in [1.29, 1.82) is 0 Å². The summed E-state index contributed by atoms with van der Waals surface area (Å²) < 4.78 is 65.0. The van der Waals surface area contributed by atoms with Gasteiger partial charge in [0.25, 0.3) is 0 Å². The molecule has 5 aliphatic heterocycles. The summed E-state index contributed by atoms with van der Waals surface area (Å²) in [6.45, 7) is 8.15. The van der Waals surface area contributed by atoms with Crippen LogP contribution < -0.4 is 5.32 Å². The highest BCUT2D eigenvalue weighted by molar-refractivity contribution is 5.73. The van der Waals surface area contributed by atoms with E-state index in [0.717, 1.165) is 13.8 Å². The third-order valence-electron chi connectivity index (χ3n) is 11.2. The van der Waals surface area contributed by atoms with E-state index in [9.17, 15) is 65.8 Å². The highest BCUT2D eigenvalue weighted by Gasteiger charge is 2.57. The lowest BCUT2D eigenvalue weighted by Crippen LogP contribution is -2.69. The first-order chi connectivity index (χ1) is 29.2. The Morgan fingerprint density at radius 3 is 1.55 bits per heavy atom. The van der Waals surface area contributed by atoms with Crippen LogP contribution in [0.4, 0.5) is 0 Å². The Balaban J connectivity index is 1.55. The Morgan fingerprint density at radius 2 is 1.00 bits per heavy atom. The van der Waals surface area contributed by atoms with E-state index in [-0.39, 0.29) is 6.61 Å². The Kier molecular flexibility index (Phi) is 17.9. The Hall–Kier alpha value is -2.16. The average Bonchev–Trinajstić information content (AvgIpc) is 3.22. The third-order valence-corrected chi connectivity index (χ3v) is 11.2. The number of aliphatic hydroxyl groups excluding tert-OH is 11. The summed E-state index contributed by atoms with van der Waals surface area (Å²) in [5.41, 5.74) is 0. The normalized spacial score (nSPS) is 48.9. The van der Waals surface area contributed by atoms with Crippen molar-refractivity contribution in [2.75, 3.05) is 19.8 Å². The molecule has 1 amide bonds. The summed E-state index contributed by atoms with van der Waals surface area (Å²) in [5, 5.41) is 121. The van der Waals surface area contributed by atoms with Crippen molar-refractivity contribution < 1.29 is 118 Å². The van der Waals surface area contributed by atoms with Crippen LogP contribution in [0.3, 0.4) is 0 Å². The van der Waals surface area contributed by atoms with Gasteiger partial charge < -0.3 is 114 Å². The Bertz CT molecular complexity index is 1460. The molecule has 5 rings (SSSR count). The van der Waals surface area contributed by atoms with Gasteiger partial charge in [0.05, 0.1) is 38.1 Å². The first-order valence-corrected chi connectivity index (χ1v) is 20.1. The van der Waals surface area contributed by atoms with Crippen LogP contribution in [0.25, 0.3) is 0 Å². The van der Waals surface area contributed by atoms with E-state index >= 15 is 0 Å². The van der Waals surface area contributed by atoms with Crippen molar-refractivity contribution in [2.45, 2.75) is 188 Å². The zero-order chi connectivity index (χ0) is 45.9. The van der Waals surface area contributed by atoms with E-state index in [4.69, 9.17) is 52.1 Å². The Morgan fingerprint density at radius 1 is 0.532 bits per heavy atom. The molecule has 0 aromatic heterocycles. The SMILES string of the molecule is C=CCO[C@@H]1O[C@@H](C)[C@H](O)[C@@H](O[C@@H]2O[C@@H](C)[C@H](O)[C@@H](O)[C@H]2O[C@@H]2O[C@@H](C)[C@H](O)[C@@H](O[C@H]3O[C@H](CO)[C@@H](O)[C@H](O)[C@H]3O)[C@H]2O[C@@H]2O[C@H](CO)[C@@H](O)[C@H](O)[C@H]2NC(C)=O)[C@H]1OC(C)=O. The molecule has 5 heterocycles. The van der Waals surface area contributed by atoms with E-state index in [1.807, 2.05) is 0 Å². The van der Waals surface area contributed by atoms with Gasteiger partial charge in [-0.15, -0.1) is 6.58 Å². The zero-order valence-corrected chi connectivity index (χ0v) is 34.6. The molecular weight excluding hydrogens is 842 g/mol. The summed E-state index contributed by atoms with van der Waals surface area (Å²) in [6, 6.07) is -1.61. The van der Waals surface area contributed by atoms with E-state index in [1.165, 1.54) is 26.8 Å². The van der Waals surface area contributed by atoms with Crippen molar-refractivity contribution in [3.8, 4) is 0 Å². The molecule has 25 nitrogen and oxygen atoms in total. The lowest BCUT2D eigenvalue weighted by Gasteiger charge is -2.51. The lowest BCUT2D eigenvalue weighted by molar-refractivity contribution is -0.408. The minimum atomic E-state index is -2.02. The van der Waals surface area contributed by atoms with Crippen LogP contribution in [0.5, 0.6) is 0 Å². The van der Waals surface area contributed by atoms with Gasteiger partial charge in [0.2, 0.25) is 5.91 Å². The minimum Gasteiger partial charge on any atom is -0.454 e. The number of amides is 1. The maximum absolute atomic E-state index is 12.3. The van der Waals surface area contributed by atoms with Gasteiger partial charge in [-0.1, -0.05) is 6.08 Å². The van der Waals surface area contributed by atoms with Crippen LogP contribution in [0.15, 0.2) is 12.7 Å². The second-order valence-electron chi connectivity index (χ2n) is 15.8. The van der Waals surface area contributed by atoms with Crippen LogP contribution in [-0.2, 0) is 61.7 Å². The fraction of sp³-hybridized carbons (Fsp3) is 0.892. The summed E-state index contributed by atoms with van der Waals surface area (Å²) in [6.07, 6.45) is -38.8. The monoisotopic (exact) mass is 903 g/mol. The van der Waals surface area contributed by atoms with Crippen molar-refractivity contribution in [3.05, 3.63) is 12.7 Å². The van der Waals surface area contributed by atoms with Crippen molar-refractivity contribution in [2.24, 2.45) is 0 Å². The number of aliphatic hydroxyl groups is 11. The number of nitrogens with one attached hydrogen (secondary N) is 1. The van der Waals surface area contributed by atoms with Crippen molar-refractivity contribution >= 4 is 11.9 Å². The van der Waals surface area contributed by atoms with E-state index in [0.29, 0.717) is 0 Å². The number of carbonyl (C=O) groups excluding carboxylic acids is 2. The molecule has 0 unspecified atom stereocenters. The molecule has 0 saturated carbocycles. The molecule has 0 bridgehead atoms. The van der Waals surface area contributed by atoms with Crippen LogP contribution in [0.1, 0.15) is 34.6 Å². The van der Waals surface area contributed by atoms with Crippen LogP contribution >= 0.6 is 0 Å². The van der Waals surface area contributed by atoms with Crippen molar-refractivity contribution in [3.63, 3.8) is 0 Å². The highest BCUT2D eigenvalue weighted by atomic mass is 16.8. The second-order valence-corrected chi connectivity index (χ2v) is 15.8. The molecule has 0 aromatic carbocycles. The van der Waals surface area contributed by atoms with E-state index in [1.54, 1.807) is 0 Å². The van der Waals surface area contributed by atoms with Gasteiger partial charge in [0, 0.05) is 13.8 Å². The predicted molar refractivity (Wildman–Crippen MR) is 197 cm³/mol. The van der Waals surface area contributed by atoms with Gasteiger partial charge in [-0.3, -0.25) is 9.59 Å². The molecule has 358 valence electrons. The minimum absolute atomic E-state index is 0.0785. The maximum Gasteiger partial charge on any atom is 0.303 e. The molecule has 0 spiro atoms. The third kappa shape index (κ3) is 11.1. The summed E-state index contributed by atoms with van der Waals surface area (Å²) >= 11 is 0. The molecular formula is C37H61NO24. The van der Waals surface area contributed by atoms with Crippen LogP contribution in [0, 0.1) is 0 Å². The summed E-state index contributed by atoms with van der Waals surface area (Å²) in [5.74, 6) is -1.56. The quantitative estimate of drug-likeness (QED) is 0.0537. The van der Waals surface area contributed by atoms with Crippen molar-refractivity contribution in [1.82, 2.24) is 5.32 Å². The standard InChI is InChI=1S/C37H61NO24/c1-7-8-52-35-31(56-15(6)42)28(20(44)12(3)53-35)60-36-30(26(50)19(43)11(2)54-36)61-37-32(62-33-18(38-14(5)41)24(48)22(46)16(9-39)57-33)29(21(45)13(4)55-37)59-34-27(51)25(49)23(47)17(10-40)58-34/h7,11-13,16-37,39-40,43-51H,1,8-10H2,2-6H3,(H,38,41)/t11-,12-,13-,16+,17+,18+,19-,20-,21-,22+,23+,24+,25-,26+,27+,28+,29+,30+,31+,32+,33-,34+,35+,36-,37-/m0/s1. The first kappa shape index (κ1) is 50.8. The molecule has 25 atom stereocenters. The fourth-order valence-corrected chi connectivity index (χ4v) is 7.79. The Labute approximate surface area is 355 Å². The molecule has 5 saturated heterocycles. The smallest absolute Gasteiger partial charge is 0.303 e. The number of rotatable bonds is 15. The van der Waals surface area contributed by atoms with Gasteiger partial charge in [-0.25, -0.2) is 0 Å². The summed E-state index contributed by atoms with van der Waals surface area (Å²) in [4.78, 5) is 24.6. The van der Waals surface area contributed by atoms with Gasteiger partial charge in [-0.2, -0.15) is 0 Å². The molecule has 12 N–H and O–H groups in total. The molecule has 0 aliphatic carbocycles. The van der Waals surface area contributed by atoms with Gasteiger partial charge in [0.15, 0.2) is 37.6 Å². The first-order valence-electron chi connectivity index (χ1n) is 20.1. The number of carbonyl (C=O) groups is 2. The summed E-state index contributed by atoms with van der Waals surface area (Å²) in [7, 11) is 0. The number of hydrogen-bond donors (Lipinski definition) is 12. The van der Waals surface area contributed by atoms with Crippen LogP contribution in [0.2, 0.25) is 0 Å². The molecule has 0 aromatic rings. The molecule has 0 radical (unpaired) electrons. The highest BCUT2D eigenvalue weighted by Crippen LogP contribution is 2.37. The van der Waals surface area contributed by atoms with E-state index < -0.39 is 179 Å². The molecule has 25 heteroatoms. The molecule has 5 aliphatic rings. The number of hydrogen-bond acceptors (Lipinski definition) is 24. The molecule has 62 heavy (non-hydrogen) atoms. The average molecular weight is 904 g/mol. The molecule has 5 fully saturated rings. The van der Waals surface area contributed by atoms with Gasteiger partial charge >= 0.3 is 5.97 Å². The van der Waals surface area contributed by atoms with Gasteiger partial charge in [-0.05, 0) is 20.8 Å². The van der Waals surface area contributed by atoms with Gasteiger partial charge in [0.1, 0.15) is 97.6 Å². The predicted octanol–water partition coefficient (Wildman–Crippen LogP) is -6.92. The second kappa shape index (κ2) is 21.9. The topological polar surface area (TPSA) is 370 Å². The lowest BCUT2D eigenvalue weighted by atomic mass is 9.95. The fourth-order valence-electron chi connectivity index (χ4n) is 7.79.